The Morgan fingerprint density at radius 3 is 2.67 bits per heavy atom. The molecule has 0 amide bonds. The van der Waals surface area contributed by atoms with Gasteiger partial charge < -0.3 is 10.1 Å². The smallest absolute Gasteiger partial charge is 0.352 e. The number of halogens is 1. The highest BCUT2D eigenvalue weighted by atomic mass is 127. The zero-order valence-corrected chi connectivity index (χ0v) is 10.5. The molecular formula is C11H10INO2. The highest BCUT2D eigenvalue weighted by molar-refractivity contribution is 14.1. The van der Waals surface area contributed by atoms with Gasteiger partial charge in [-0.25, -0.2) is 4.79 Å². The number of aryl methyl sites for hydroxylation is 2. The summed E-state index contributed by atoms with van der Waals surface area (Å²) in [5.41, 5.74) is 3.37. The van der Waals surface area contributed by atoms with Gasteiger partial charge in [0.25, 0.3) is 0 Å². The Kier molecular flexibility index (Phi) is 2.46. The molecule has 1 aromatic heterocycles. The van der Waals surface area contributed by atoms with Gasteiger partial charge in [0.15, 0.2) is 0 Å². The van der Waals surface area contributed by atoms with Gasteiger partial charge in [-0.15, -0.1) is 0 Å². The fourth-order valence-corrected chi connectivity index (χ4v) is 2.43. The number of aromatic carboxylic acids is 1. The van der Waals surface area contributed by atoms with Gasteiger partial charge in [0.1, 0.15) is 5.69 Å². The standard InChI is InChI=1S/C11H10INO2/c1-5-3-8(12)6(2)7-4-9(11(14)15)13-10(5)7/h3-4,13H,1-2H3,(H,14,15). The lowest BCUT2D eigenvalue weighted by Gasteiger charge is -2.02. The van der Waals surface area contributed by atoms with Gasteiger partial charge in [0.05, 0.1) is 0 Å². The van der Waals surface area contributed by atoms with Crippen LogP contribution in [0.4, 0.5) is 0 Å². The Balaban J connectivity index is 2.85. The Hall–Kier alpha value is -1.04. The summed E-state index contributed by atoms with van der Waals surface area (Å²) in [6, 6.07) is 3.75. The fraction of sp³-hybridized carbons (Fsp3) is 0.182. The van der Waals surface area contributed by atoms with Crippen LogP contribution in [0, 0.1) is 17.4 Å². The minimum Gasteiger partial charge on any atom is -0.477 e. The molecule has 0 atom stereocenters. The van der Waals surface area contributed by atoms with Crippen molar-refractivity contribution in [2.75, 3.05) is 0 Å². The van der Waals surface area contributed by atoms with Crippen LogP contribution in [0.5, 0.6) is 0 Å². The van der Waals surface area contributed by atoms with Crippen LogP contribution in [0.3, 0.4) is 0 Å². The van der Waals surface area contributed by atoms with Crippen LogP contribution in [-0.2, 0) is 0 Å². The maximum Gasteiger partial charge on any atom is 0.352 e. The number of aromatic amines is 1. The van der Waals surface area contributed by atoms with Crippen molar-refractivity contribution in [2.24, 2.45) is 0 Å². The van der Waals surface area contributed by atoms with E-state index in [9.17, 15) is 4.79 Å². The molecule has 0 saturated heterocycles. The van der Waals surface area contributed by atoms with E-state index in [4.69, 9.17) is 5.11 Å². The molecule has 15 heavy (non-hydrogen) atoms. The average molecular weight is 315 g/mol. The van der Waals surface area contributed by atoms with Crippen LogP contribution in [0.2, 0.25) is 0 Å². The summed E-state index contributed by atoms with van der Waals surface area (Å²) in [6.07, 6.45) is 0. The molecule has 0 fully saturated rings. The third-order valence-electron chi connectivity index (χ3n) is 2.55. The number of carbonyl (C=O) groups is 1. The van der Waals surface area contributed by atoms with E-state index < -0.39 is 5.97 Å². The normalized spacial score (nSPS) is 10.9. The monoisotopic (exact) mass is 315 g/mol. The van der Waals surface area contributed by atoms with Crippen LogP contribution >= 0.6 is 22.6 Å². The van der Waals surface area contributed by atoms with Crippen molar-refractivity contribution in [2.45, 2.75) is 13.8 Å². The largest absolute Gasteiger partial charge is 0.477 e. The molecule has 0 radical (unpaired) electrons. The van der Waals surface area contributed by atoms with Gasteiger partial charge in [-0.3, -0.25) is 0 Å². The van der Waals surface area contributed by atoms with Gasteiger partial charge in [-0.2, -0.15) is 0 Å². The van der Waals surface area contributed by atoms with Crippen LogP contribution in [0.25, 0.3) is 10.9 Å². The Morgan fingerprint density at radius 1 is 1.40 bits per heavy atom. The summed E-state index contributed by atoms with van der Waals surface area (Å²) >= 11 is 2.26. The van der Waals surface area contributed by atoms with Crippen molar-refractivity contribution < 1.29 is 9.90 Å². The minimum atomic E-state index is -0.917. The Bertz CT molecular complexity index is 557. The lowest BCUT2D eigenvalue weighted by molar-refractivity contribution is 0.0691. The van der Waals surface area contributed by atoms with Crippen molar-refractivity contribution in [3.63, 3.8) is 0 Å². The van der Waals surface area contributed by atoms with Crippen LogP contribution in [0.1, 0.15) is 21.6 Å². The van der Waals surface area contributed by atoms with E-state index in [2.05, 4.69) is 33.6 Å². The summed E-state index contributed by atoms with van der Waals surface area (Å²) in [5, 5.41) is 9.90. The van der Waals surface area contributed by atoms with E-state index >= 15 is 0 Å². The van der Waals surface area contributed by atoms with E-state index in [0.29, 0.717) is 0 Å². The first-order valence-electron chi connectivity index (χ1n) is 4.52. The third-order valence-corrected chi connectivity index (χ3v) is 3.67. The molecule has 0 bridgehead atoms. The van der Waals surface area contributed by atoms with Crippen molar-refractivity contribution in [1.29, 1.82) is 0 Å². The molecule has 2 rings (SSSR count). The molecule has 1 heterocycles. The number of benzene rings is 1. The first-order chi connectivity index (χ1) is 7.00. The molecule has 78 valence electrons. The highest BCUT2D eigenvalue weighted by Crippen LogP contribution is 2.27. The topological polar surface area (TPSA) is 53.1 Å². The lowest BCUT2D eigenvalue weighted by atomic mass is 10.1. The number of H-pyrrole nitrogens is 1. The predicted octanol–water partition coefficient (Wildman–Crippen LogP) is 3.09. The first-order valence-corrected chi connectivity index (χ1v) is 5.60. The second-order valence-electron chi connectivity index (χ2n) is 3.58. The Labute approximate surface area is 101 Å². The van der Waals surface area contributed by atoms with E-state index in [0.717, 1.165) is 25.6 Å². The minimum absolute atomic E-state index is 0.248. The fourth-order valence-electron chi connectivity index (χ4n) is 1.68. The zero-order valence-electron chi connectivity index (χ0n) is 8.39. The van der Waals surface area contributed by atoms with Gasteiger partial charge in [0.2, 0.25) is 0 Å². The van der Waals surface area contributed by atoms with Gasteiger partial charge in [-0.1, -0.05) is 0 Å². The number of aromatic nitrogens is 1. The van der Waals surface area contributed by atoms with E-state index in [1.165, 1.54) is 0 Å². The van der Waals surface area contributed by atoms with Gasteiger partial charge in [-0.05, 0) is 59.7 Å². The number of rotatable bonds is 1. The van der Waals surface area contributed by atoms with E-state index in [1.807, 2.05) is 13.8 Å². The van der Waals surface area contributed by atoms with Crippen molar-refractivity contribution >= 4 is 39.5 Å². The number of nitrogens with one attached hydrogen (secondary N) is 1. The Morgan fingerprint density at radius 2 is 2.07 bits per heavy atom. The van der Waals surface area contributed by atoms with E-state index in [-0.39, 0.29) is 5.69 Å². The zero-order chi connectivity index (χ0) is 11.2. The molecule has 0 saturated carbocycles. The van der Waals surface area contributed by atoms with Gasteiger partial charge >= 0.3 is 5.97 Å². The molecule has 0 aliphatic carbocycles. The number of hydrogen-bond donors (Lipinski definition) is 2. The summed E-state index contributed by atoms with van der Waals surface area (Å²) in [6.45, 7) is 3.98. The van der Waals surface area contributed by atoms with Crippen molar-refractivity contribution in [3.05, 3.63) is 32.5 Å². The summed E-state index contributed by atoms with van der Waals surface area (Å²) < 4.78 is 1.16. The molecule has 3 nitrogen and oxygen atoms in total. The number of fused-ring (bicyclic) bond motifs is 1. The molecule has 2 N–H and O–H groups in total. The second kappa shape index (κ2) is 3.52. The predicted molar refractivity (Wildman–Crippen MR) is 67.4 cm³/mol. The highest BCUT2D eigenvalue weighted by Gasteiger charge is 2.12. The van der Waals surface area contributed by atoms with Crippen molar-refractivity contribution in [3.8, 4) is 0 Å². The molecular weight excluding hydrogens is 305 g/mol. The van der Waals surface area contributed by atoms with Crippen LogP contribution in [-0.4, -0.2) is 16.1 Å². The summed E-state index contributed by atoms with van der Waals surface area (Å²) in [5.74, 6) is -0.917. The van der Waals surface area contributed by atoms with Crippen LogP contribution < -0.4 is 0 Å². The van der Waals surface area contributed by atoms with Gasteiger partial charge in [0, 0.05) is 14.5 Å². The maximum atomic E-state index is 10.8. The summed E-state index contributed by atoms with van der Waals surface area (Å²) in [7, 11) is 0. The number of hydrogen-bond acceptors (Lipinski definition) is 1. The molecule has 0 spiro atoms. The van der Waals surface area contributed by atoms with Crippen LogP contribution in [0.15, 0.2) is 12.1 Å². The third kappa shape index (κ3) is 1.62. The molecule has 2 aromatic rings. The summed E-state index contributed by atoms with van der Waals surface area (Å²) in [4.78, 5) is 13.8. The maximum absolute atomic E-state index is 10.8. The molecule has 0 unspecified atom stereocenters. The second-order valence-corrected chi connectivity index (χ2v) is 4.74. The lowest BCUT2D eigenvalue weighted by Crippen LogP contribution is -1.94. The number of carboxylic acids is 1. The molecule has 0 aliphatic rings. The molecule has 0 aliphatic heterocycles. The van der Waals surface area contributed by atoms with Crippen molar-refractivity contribution in [1.82, 2.24) is 4.98 Å². The average Bonchev–Trinajstić information content (AvgIpc) is 2.59. The number of carboxylic acid groups (broad SMARTS) is 1. The molecule has 4 heteroatoms. The first kappa shape index (κ1) is 10.5. The molecule has 1 aromatic carbocycles. The quantitative estimate of drug-likeness (QED) is 0.795. The SMILES string of the molecule is Cc1c(I)cc(C)c2[nH]c(C(=O)O)cc12. The van der Waals surface area contributed by atoms with E-state index in [1.54, 1.807) is 6.07 Å².